The molecule has 0 atom stereocenters. The standard InChI is InChI=1S/C11H9ClN4O3/c12-7-3-5(1-2-6(7)10(14)17)16-4-8(13)9(15-16)11(18)19/h1-4H,13H2,(H2,14,17)(H,18,19). The molecule has 0 bridgehead atoms. The number of carboxylic acids is 1. The van der Waals surface area contributed by atoms with Crippen molar-refractivity contribution in [2.45, 2.75) is 0 Å². The van der Waals surface area contributed by atoms with E-state index in [0.29, 0.717) is 5.69 Å². The number of hydrogen-bond acceptors (Lipinski definition) is 4. The third-order valence-electron chi connectivity index (χ3n) is 2.43. The summed E-state index contributed by atoms with van der Waals surface area (Å²) >= 11 is 5.89. The van der Waals surface area contributed by atoms with Crippen LogP contribution in [-0.4, -0.2) is 26.8 Å². The van der Waals surface area contributed by atoms with E-state index < -0.39 is 11.9 Å². The summed E-state index contributed by atoms with van der Waals surface area (Å²) in [7, 11) is 0. The molecule has 98 valence electrons. The molecule has 0 radical (unpaired) electrons. The fourth-order valence-electron chi connectivity index (χ4n) is 1.53. The molecule has 0 saturated carbocycles. The van der Waals surface area contributed by atoms with Crippen LogP contribution in [0.15, 0.2) is 24.4 Å². The minimum atomic E-state index is -1.23. The van der Waals surface area contributed by atoms with Crippen molar-refractivity contribution in [1.29, 1.82) is 0 Å². The first-order valence-corrected chi connectivity index (χ1v) is 5.46. The first-order chi connectivity index (χ1) is 8.90. The van der Waals surface area contributed by atoms with Crippen molar-refractivity contribution in [2.75, 3.05) is 5.73 Å². The van der Waals surface area contributed by atoms with E-state index in [1.54, 1.807) is 0 Å². The maximum atomic E-state index is 11.0. The molecule has 0 fully saturated rings. The van der Waals surface area contributed by atoms with Gasteiger partial charge in [-0.25, -0.2) is 9.48 Å². The van der Waals surface area contributed by atoms with Gasteiger partial charge in [-0.05, 0) is 18.2 Å². The average molecular weight is 281 g/mol. The quantitative estimate of drug-likeness (QED) is 0.770. The van der Waals surface area contributed by atoms with Crippen molar-refractivity contribution >= 4 is 29.2 Å². The second kappa shape index (κ2) is 4.62. The Bertz CT molecular complexity index is 681. The lowest BCUT2D eigenvalue weighted by Gasteiger charge is -2.04. The Morgan fingerprint density at radius 2 is 2.05 bits per heavy atom. The molecule has 0 unspecified atom stereocenters. The van der Waals surface area contributed by atoms with Crippen LogP contribution in [0.3, 0.4) is 0 Å². The second-order valence-electron chi connectivity index (χ2n) is 3.71. The average Bonchev–Trinajstić information content (AvgIpc) is 2.70. The lowest BCUT2D eigenvalue weighted by Crippen LogP contribution is -2.11. The number of carboxylic acid groups (broad SMARTS) is 1. The highest BCUT2D eigenvalue weighted by atomic mass is 35.5. The van der Waals surface area contributed by atoms with Crippen LogP contribution in [0.25, 0.3) is 5.69 Å². The molecule has 0 spiro atoms. The summed E-state index contributed by atoms with van der Waals surface area (Å²) in [5.41, 5.74) is 11.1. The van der Waals surface area contributed by atoms with Crippen LogP contribution in [-0.2, 0) is 0 Å². The van der Waals surface area contributed by atoms with Gasteiger partial charge in [-0.3, -0.25) is 4.79 Å². The van der Waals surface area contributed by atoms with Gasteiger partial charge >= 0.3 is 5.97 Å². The summed E-state index contributed by atoms with van der Waals surface area (Å²) < 4.78 is 1.26. The first kappa shape index (κ1) is 12.9. The number of carbonyl (C=O) groups excluding carboxylic acids is 1. The molecular weight excluding hydrogens is 272 g/mol. The highest BCUT2D eigenvalue weighted by molar-refractivity contribution is 6.34. The van der Waals surface area contributed by atoms with Crippen LogP contribution in [0, 0.1) is 0 Å². The van der Waals surface area contributed by atoms with Gasteiger partial charge < -0.3 is 16.6 Å². The topological polar surface area (TPSA) is 124 Å². The van der Waals surface area contributed by atoms with E-state index in [1.807, 2.05) is 0 Å². The third-order valence-corrected chi connectivity index (χ3v) is 2.74. The molecule has 7 nitrogen and oxygen atoms in total. The predicted octanol–water partition coefficient (Wildman–Crippen LogP) is 0.905. The monoisotopic (exact) mass is 280 g/mol. The van der Waals surface area contributed by atoms with Gasteiger partial charge in [0.15, 0.2) is 5.69 Å². The van der Waals surface area contributed by atoms with E-state index in [4.69, 9.17) is 28.2 Å². The summed E-state index contributed by atoms with van der Waals surface area (Å²) in [5.74, 6) is -1.88. The summed E-state index contributed by atoms with van der Waals surface area (Å²) in [6.45, 7) is 0. The largest absolute Gasteiger partial charge is 0.476 e. The molecule has 1 amide bonds. The SMILES string of the molecule is NC(=O)c1ccc(-n2cc(N)c(C(=O)O)n2)cc1Cl. The molecular formula is C11H9ClN4O3. The van der Waals surface area contributed by atoms with Crippen molar-refractivity contribution < 1.29 is 14.7 Å². The van der Waals surface area contributed by atoms with Crippen molar-refractivity contribution in [3.8, 4) is 5.69 Å². The van der Waals surface area contributed by atoms with Crippen LogP contribution in [0.4, 0.5) is 5.69 Å². The maximum Gasteiger partial charge on any atom is 0.358 e. The Morgan fingerprint density at radius 1 is 1.37 bits per heavy atom. The summed E-state index contributed by atoms with van der Waals surface area (Å²) in [5, 5.41) is 12.8. The minimum absolute atomic E-state index is 0.0302. The number of primary amides is 1. The zero-order valence-corrected chi connectivity index (χ0v) is 10.3. The van der Waals surface area contributed by atoms with Crippen molar-refractivity contribution in [2.24, 2.45) is 5.73 Å². The van der Waals surface area contributed by atoms with E-state index in [9.17, 15) is 9.59 Å². The number of nitrogen functional groups attached to an aromatic ring is 1. The number of nitrogens with zero attached hydrogens (tertiary/aromatic N) is 2. The molecule has 5 N–H and O–H groups in total. The smallest absolute Gasteiger partial charge is 0.358 e. The van der Waals surface area contributed by atoms with Gasteiger partial charge in [-0.2, -0.15) is 5.10 Å². The van der Waals surface area contributed by atoms with Crippen molar-refractivity contribution in [3.05, 3.63) is 40.7 Å². The lowest BCUT2D eigenvalue weighted by atomic mass is 10.2. The number of aromatic carboxylic acids is 1. The maximum absolute atomic E-state index is 11.0. The Morgan fingerprint density at radius 3 is 2.53 bits per heavy atom. The number of carbonyl (C=O) groups is 2. The molecule has 0 aliphatic carbocycles. The summed E-state index contributed by atoms with van der Waals surface area (Å²) in [4.78, 5) is 21.9. The Hall–Kier alpha value is -2.54. The van der Waals surface area contributed by atoms with Gasteiger partial charge in [0.05, 0.1) is 28.2 Å². The highest BCUT2D eigenvalue weighted by Crippen LogP contribution is 2.21. The van der Waals surface area contributed by atoms with E-state index in [0.717, 1.165) is 0 Å². The number of rotatable bonds is 3. The fraction of sp³-hybridized carbons (Fsp3) is 0. The van der Waals surface area contributed by atoms with Gasteiger partial charge in [0.1, 0.15) is 0 Å². The summed E-state index contributed by atoms with van der Waals surface area (Å²) in [6, 6.07) is 4.40. The van der Waals surface area contributed by atoms with E-state index >= 15 is 0 Å². The van der Waals surface area contributed by atoms with E-state index in [1.165, 1.54) is 29.1 Å². The fourth-order valence-corrected chi connectivity index (χ4v) is 1.80. The molecule has 1 aromatic heterocycles. The molecule has 2 rings (SSSR count). The van der Waals surface area contributed by atoms with Crippen LogP contribution in [0.2, 0.25) is 5.02 Å². The van der Waals surface area contributed by atoms with Crippen molar-refractivity contribution in [3.63, 3.8) is 0 Å². The molecule has 1 aromatic carbocycles. The molecule has 1 heterocycles. The number of halogens is 1. The molecule has 8 heteroatoms. The van der Waals surface area contributed by atoms with E-state index in [2.05, 4.69) is 5.10 Å². The zero-order chi connectivity index (χ0) is 14.2. The Kier molecular flexibility index (Phi) is 3.14. The van der Waals surface area contributed by atoms with Gasteiger partial charge in [0, 0.05) is 0 Å². The Labute approximate surface area is 112 Å². The molecule has 0 aliphatic heterocycles. The highest BCUT2D eigenvalue weighted by Gasteiger charge is 2.15. The van der Waals surface area contributed by atoms with Gasteiger partial charge in [0.25, 0.3) is 0 Å². The second-order valence-corrected chi connectivity index (χ2v) is 4.12. The lowest BCUT2D eigenvalue weighted by molar-refractivity contribution is 0.0691. The third kappa shape index (κ3) is 2.36. The number of nitrogens with two attached hydrogens (primary N) is 2. The van der Waals surface area contributed by atoms with Crippen LogP contribution < -0.4 is 11.5 Å². The van der Waals surface area contributed by atoms with Gasteiger partial charge in [-0.1, -0.05) is 11.6 Å². The first-order valence-electron chi connectivity index (χ1n) is 5.08. The summed E-state index contributed by atoms with van der Waals surface area (Å²) in [6.07, 6.45) is 1.35. The number of benzene rings is 1. The number of anilines is 1. The van der Waals surface area contributed by atoms with Crippen LogP contribution in [0.1, 0.15) is 20.8 Å². The van der Waals surface area contributed by atoms with Gasteiger partial charge in [0.2, 0.25) is 5.91 Å². The van der Waals surface area contributed by atoms with E-state index in [-0.39, 0.29) is 22.0 Å². The molecule has 19 heavy (non-hydrogen) atoms. The number of amides is 1. The normalized spacial score (nSPS) is 10.4. The Balaban J connectivity index is 2.48. The zero-order valence-electron chi connectivity index (χ0n) is 9.50. The van der Waals surface area contributed by atoms with Crippen LogP contribution >= 0.6 is 11.6 Å². The molecule has 0 saturated heterocycles. The van der Waals surface area contributed by atoms with Crippen LogP contribution in [0.5, 0.6) is 0 Å². The van der Waals surface area contributed by atoms with Crippen molar-refractivity contribution in [1.82, 2.24) is 9.78 Å². The number of aromatic nitrogens is 2. The van der Waals surface area contributed by atoms with Gasteiger partial charge in [-0.15, -0.1) is 0 Å². The molecule has 0 aliphatic rings. The predicted molar refractivity (Wildman–Crippen MR) is 68.5 cm³/mol. The number of hydrogen-bond donors (Lipinski definition) is 3. The molecule has 2 aromatic rings. The minimum Gasteiger partial charge on any atom is -0.476 e.